The molecule has 1 aliphatic heterocycles. The standard InChI is InChI=1S/C19H21NO3S/c1-22-16-7-3-14(4-8-16)18-13-24-12-11-20(18)19(21)15-5-9-17(23-2)10-6-15/h3-10,18H,11-13H2,1-2H3/t18-/m1/s1. The summed E-state index contributed by atoms with van der Waals surface area (Å²) in [5.74, 6) is 3.53. The topological polar surface area (TPSA) is 38.8 Å². The van der Waals surface area contributed by atoms with Crippen molar-refractivity contribution in [2.75, 3.05) is 32.3 Å². The molecule has 24 heavy (non-hydrogen) atoms. The van der Waals surface area contributed by atoms with Crippen molar-refractivity contribution in [1.82, 2.24) is 4.90 Å². The molecule has 0 radical (unpaired) electrons. The van der Waals surface area contributed by atoms with Gasteiger partial charge < -0.3 is 14.4 Å². The summed E-state index contributed by atoms with van der Waals surface area (Å²) in [4.78, 5) is 14.9. The maximum atomic E-state index is 13.0. The number of carbonyl (C=O) groups is 1. The van der Waals surface area contributed by atoms with Crippen molar-refractivity contribution >= 4 is 17.7 Å². The first kappa shape index (κ1) is 16.7. The summed E-state index contributed by atoms with van der Waals surface area (Å²) in [5, 5.41) is 0. The van der Waals surface area contributed by atoms with E-state index in [4.69, 9.17) is 9.47 Å². The molecule has 126 valence electrons. The molecule has 1 fully saturated rings. The van der Waals surface area contributed by atoms with Crippen molar-refractivity contribution in [2.45, 2.75) is 6.04 Å². The number of hydrogen-bond acceptors (Lipinski definition) is 4. The van der Waals surface area contributed by atoms with E-state index >= 15 is 0 Å². The van der Waals surface area contributed by atoms with E-state index in [0.29, 0.717) is 5.56 Å². The van der Waals surface area contributed by atoms with Crippen molar-refractivity contribution in [1.29, 1.82) is 0 Å². The lowest BCUT2D eigenvalue weighted by atomic mass is 10.0. The lowest BCUT2D eigenvalue weighted by molar-refractivity contribution is 0.0701. The van der Waals surface area contributed by atoms with E-state index in [1.54, 1.807) is 14.2 Å². The molecule has 5 heteroatoms. The van der Waals surface area contributed by atoms with Gasteiger partial charge in [-0.05, 0) is 42.0 Å². The van der Waals surface area contributed by atoms with Gasteiger partial charge >= 0.3 is 0 Å². The average Bonchev–Trinajstić information content (AvgIpc) is 2.67. The Bertz CT molecular complexity index is 685. The molecule has 1 amide bonds. The van der Waals surface area contributed by atoms with Crippen LogP contribution in [0.15, 0.2) is 48.5 Å². The van der Waals surface area contributed by atoms with Crippen LogP contribution in [0.1, 0.15) is 22.0 Å². The molecule has 0 aromatic heterocycles. The highest BCUT2D eigenvalue weighted by atomic mass is 32.2. The summed E-state index contributed by atoms with van der Waals surface area (Å²) < 4.78 is 10.4. The number of ether oxygens (including phenoxy) is 2. The average molecular weight is 343 g/mol. The number of benzene rings is 2. The molecule has 0 unspecified atom stereocenters. The summed E-state index contributed by atoms with van der Waals surface area (Å²) in [7, 11) is 3.28. The van der Waals surface area contributed by atoms with Gasteiger partial charge in [0.15, 0.2) is 0 Å². The molecule has 0 saturated carbocycles. The van der Waals surface area contributed by atoms with E-state index in [-0.39, 0.29) is 11.9 Å². The van der Waals surface area contributed by atoms with Gasteiger partial charge in [0, 0.05) is 23.6 Å². The van der Waals surface area contributed by atoms with E-state index in [1.165, 1.54) is 0 Å². The Kier molecular flexibility index (Phi) is 5.30. The zero-order chi connectivity index (χ0) is 16.9. The number of thioether (sulfide) groups is 1. The molecule has 2 aromatic carbocycles. The largest absolute Gasteiger partial charge is 0.497 e. The number of methoxy groups -OCH3 is 2. The summed E-state index contributed by atoms with van der Waals surface area (Å²) in [6.07, 6.45) is 0. The fraction of sp³-hybridized carbons (Fsp3) is 0.316. The van der Waals surface area contributed by atoms with Gasteiger partial charge in [-0.15, -0.1) is 0 Å². The predicted octanol–water partition coefficient (Wildman–Crippen LogP) is 3.63. The Balaban J connectivity index is 1.83. The molecular weight excluding hydrogens is 322 g/mol. The van der Waals surface area contributed by atoms with Gasteiger partial charge in [0.1, 0.15) is 11.5 Å². The number of amides is 1. The quantitative estimate of drug-likeness (QED) is 0.850. The minimum Gasteiger partial charge on any atom is -0.497 e. The van der Waals surface area contributed by atoms with Gasteiger partial charge in [-0.1, -0.05) is 12.1 Å². The second-order valence-electron chi connectivity index (χ2n) is 5.59. The highest BCUT2D eigenvalue weighted by Crippen LogP contribution is 2.32. The molecule has 0 bridgehead atoms. The monoisotopic (exact) mass is 343 g/mol. The van der Waals surface area contributed by atoms with E-state index in [2.05, 4.69) is 0 Å². The Morgan fingerprint density at radius 2 is 1.58 bits per heavy atom. The Labute approximate surface area is 146 Å². The van der Waals surface area contributed by atoms with Crippen LogP contribution in [0.4, 0.5) is 0 Å². The van der Waals surface area contributed by atoms with Crippen LogP contribution in [-0.2, 0) is 0 Å². The highest BCUT2D eigenvalue weighted by Gasteiger charge is 2.29. The lowest BCUT2D eigenvalue weighted by Gasteiger charge is -2.36. The van der Waals surface area contributed by atoms with Gasteiger partial charge in [0.25, 0.3) is 5.91 Å². The lowest BCUT2D eigenvalue weighted by Crippen LogP contribution is -2.40. The van der Waals surface area contributed by atoms with Gasteiger partial charge in [0.05, 0.1) is 20.3 Å². The third-order valence-electron chi connectivity index (χ3n) is 4.23. The van der Waals surface area contributed by atoms with Gasteiger partial charge in [-0.3, -0.25) is 4.79 Å². The highest BCUT2D eigenvalue weighted by molar-refractivity contribution is 7.99. The van der Waals surface area contributed by atoms with Crippen molar-refractivity contribution in [3.05, 3.63) is 59.7 Å². The molecule has 2 aromatic rings. The molecule has 1 heterocycles. The van der Waals surface area contributed by atoms with Crippen LogP contribution in [0.5, 0.6) is 11.5 Å². The zero-order valence-corrected chi connectivity index (χ0v) is 14.7. The normalized spacial score (nSPS) is 17.4. The van der Waals surface area contributed by atoms with Gasteiger partial charge in [0.2, 0.25) is 0 Å². The van der Waals surface area contributed by atoms with Crippen LogP contribution in [-0.4, -0.2) is 43.1 Å². The predicted molar refractivity (Wildman–Crippen MR) is 97.1 cm³/mol. The maximum absolute atomic E-state index is 13.0. The smallest absolute Gasteiger partial charge is 0.254 e. The minimum atomic E-state index is 0.0683. The molecule has 4 nitrogen and oxygen atoms in total. The molecule has 0 N–H and O–H groups in total. The van der Waals surface area contributed by atoms with Crippen molar-refractivity contribution in [2.24, 2.45) is 0 Å². The van der Waals surface area contributed by atoms with E-state index in [0.717, 1.165) is 35.1 Å². The minimum absolute atomic E-state index is 0.0683. The molecule has 1 aliphatic rings. The fourth-order valence-electron chi connectivity index (χ4n) is 2.85. The first-order valence-corrected chi connectivity index (χ1v) is 9.05. The Morgan fingerprint density at radius 1 is 1.00 bits per heavy atom. The molecular formula is C19H21NO3S. The Hall–Kier alpha value is -2.14. The first-order valence-electron chi connectivity index (χ1n) is 7.89. The molecule has 0 aliphatic carbocycles. The second-order valence-corrected chi connectivity index (χ2v) is 6.74. The fourth-order valence-corrected chi connectivity index (χ4v) is 3.94. The van der Waals surface area contributed by atoms with Crippen LogP contribution in [0, 0.1) is 0 Å². The molecule has 0 spiro atoms. The van der Waals surface area contributed by atoms with E-state index < -0.39 is 0 Å². The van der Waals surface area contributed by atoms with E-state index in [9.17, 15) is 4.79 Å². The molecule has 1 saturated heterocycles. The van der Waals surface area contributed by atoms with Crippen LogP contribution in [0.25, 0.3) is 0 Å². The maximum Gasteiger partial charge on any atom is 0.254 e. The first-order chi connectivity index (χ1) is 11.7. The summed E-state index contributed by atoms with van der Waals surface area (Å²) >= 11 is 1.89. The van der Waals surface area contributed by atoms with Gasteiger partial charge in [-0.25, -0.2) is 0 Å². The van der Waals surface area contributed by atoms with E-state index in [1.807, 2.05) is 65.2 Å². The number of nitrogens with zero attached hydrogens (tertiary/aromatic N) is 1. The second kappa shape index (κ2) is 7.62. The van der Waals surface area contributed by atoms with Crippen LogP contribution < -0.4 is 9.47 Å². The Morgan fingerprint density at radius 3 is 2.17 bits per heavy atom. The molecule has 3 rings (SSSR count). The zero-order valence-electron chi connectivity index (χ0n) is 13.9. The SMILES string of the molecule is COc1ccc(C(=O)N2CCSC[C@@H]2c2ccc(OC)cc2)cc1. The summed E-state index contributed by atoms with van der Waals surface area (Å²) in [6, 6.07) is 15.4. The van der Waals surface area contributed by atoms with Crippen LogP contribution in [0.2, 0.25) is 0 Å². The van der Waals surface area contributed by atoms with Crippen LogP contribution in [0.3, 0.4) is 0 Å². The summed E-state index contributed by atoms with van der Waals surface area (Å²) in [6.45, 7) is 0.756. The van der Waals surface area contributed by atoms with Crippen molar-refractivity contribution < 1.29 is 14.3 Å². The number of hydrogen-bond donors (Lipinski definition) is 0. The third-order valence-corrected chi connectivity index (χ3v) is 5.25. The number of carbonyl (C=O) groups excluding carboxylic acids is 1. The number of rotatable bonds is 4. The van der Waals surface area contributed by atoms with Gasteiger partial charge in [-0.2, -0.15) is 11.8 Å². The molecule has 1 atom stereocenters. The summed E-state index contributed by atoms with van der Waals surface area (Å²) in [5.41, 5.74) is 1.84. The van der Waals surface area contributed by atoms with Crippen molar-refractivity contribution in [3.8, 4) is 11.5 Å². The van der Waals surface area contributed by atoms with Crippen LogP contribution >= 0.6 is 11.8 Å². The van der Waals surface area contributed by atoms with Crippen molar-refractivity contribution in [3.63, 3.8) is 0 Å². The third kappa shape index (κ3) is 3.51.